The number of hydrazone groups is 1. The second-order valence-electron chi connectivity index (χ2n) is 6.04. The molecule has 0 aliphatic heterocycles. The van der Waals surface area contributed by atoms with Crippen LogP contribution in [0.4, 0.5) is 5.69 Å². The number of anilines is 1. The van der Waals surface area contributed by atoms with Gasteiger partial charge in [-0.15, -0.1) is 0 Å². The maximum atomic E-state index is 12.3. The zero-order chi connectivity index (χ0) is 20.7. The van der Waals surface area contributed by atoms with E-state index >= 15 is 0 Å². The Labute approximate surface area is 168 Å². The lowest BCUT2D eigenvalue weighted by atomic mass is 10.2. The summed E-state index contributed by atoms with van der Waals surface area (Å²) in [6.07, 6.45) is 0.0299. The average molecular weight is 404 g/mol. The highest BCUT2D eigenvalue weighted by molar-refractivity contribution is 6.30. The highest BCUT2D eigenvalue weighted by atomic mass is 35.5. The van der Waals surface area contributed by atoms with E-state index in [0.29, 0.717) is 33.5 Å². The number of nitrogens with zero attached hydrogens (tertiary/aromatic N) is 1. The Morgan fingerprint density at radius 1 is 1.11 bits per heavy atom. The molecule has 2 aromatic carbocycles. The van der Waals surface area contributed by atoms with Crippen molar-refractivity contribution in [2.45, 2.75) is 20.3 Å². The van der Waals surface area contributed by atoms with Crippen LogP contribution >= 0.6 is 11.6 Å². The number of aryl methyl sites for hydroxylation is 1. The highest BCUT2D eigenvalue weighted by Crippen LogP contribution is 2.24. The van der Waals surface area contributed by atoms with Crippen LogP contribution in [0.15, 0.2) is 41.5 Å². The van der Waals surface area contributed by atoms with Crippen molar-refractivity contribution in [2.75, 3.05) is 19.5 Å². The van der Waals surface area contributed by atoms with E-state index in [1.165, 1.54) is 14.2 Å². The molecule has 0 unspecified atom stereocenters. The molecule has 148 valence electrons. The van der Waals surface area contributed by atoms with E-state index in [1.54, 1.807) is 43.3 Å². The van der Waals surface area contributed by atoms with Crippen molar-refractivity contribution in [1.29, 1.82) is 0 Å². The summed E-state index contributed by atoms with van der Waals surface area (Å²) < 4.78 is 10.3. The summed E-state index contributed by atoms with van der Waals surface area (Å²) in [4.78, 5) is 24.5. The second-order valence-corrected chi connectivity index (χ2v) is 6.47. The molecule has 2 rings (SSSR count). The molecule has 7 nitrogen and oxygen atoms in total. The van der Waals surface area contributed by atoms with E-state index in [9.17, 15) is 9.59 Å². The summed E-state index contributed by atoms with van der Waals surface area (Å²) in [7, 11) is 2.99. The molecule has 2 N–H and O–H groups in total. The van der Waals surface area contributed by atoms with Crippen molar-refractivity contribution in [2.24, 2.45) is 5.10 Å². The molecule has 8 heteroatoms. The van der Waals surface area contributed by atoms with E-state index in [4.69, 9.17) is 21.1 Å². The van der Waals surface area contributed by atoms with Gasteiger partial charge in [0.2, 0.25) is 5.91 Å². The number of benzene rings is 2. The first kappa shape index (κ1) is 21.2. The quantitative estimate of drug-likeness (QED) is 0.543. The maximum Gasteiger partial charge on any atom is 0.275 e. The molecule has 0 aromatic heterocycles. The maximum absolute atomic E-state index is 12.3. The third-order valence-corrected chi connectivity index (χ3v) is 4.12. The predicted molar refractivity (Wildman–Crippen MR) is 110 cm³/mol. The minimum absolute atomic E-state index is 0.0299. The minimum atomic E-state index is -0.451. The SMILES string of the molecule is COc1ccc(C(=O)NN=C(C)CC(=O)Nc2ccc(Cl)cc2C)c(OC)c1. The molecule has 0 radical (unpaired) electrons. The van der Waals surface area contributed by atoms with Gasteiger partial charge in [-0.25, -0.2) is 5.43 Å². The summed E-state index contributed by atoms with van der Waals surface area (Å²) in [5.74, 6) is 0.235. The number of halogens is 1. The van der Waals surface area contributed by atoms with Gasteiger partial charge in [-0.05, 0) is 49.7 Å². The van der Waals surface area contributed by atoms with Gasteiger partial charge in [0.25, 0.3) is 5.91 Å². The van der Waals surface area contributed by atoms with Crippen LogP contribution < -0.4 is 20.2 Å². The third kappa shape index (κ3) is 5.72. The number of ether oxygens (including phenoxy) is 2. The Morgan fingerprint density at radius 2 is 1.86 bits per heavy atom. The molecule has 2 amide bonds. The van der Waals surface area contributed by atoms with Gasteiger partial charge in [-0.3, -0.25) is 9.59 Å². The fraction of sp³-hybridized carbons (Fsp3) is 0.250. The largest absolute Gasteiger partial charge is 0.497 e. The molecule has 0 spiro atoms. The van der Waals surface area contributed by atoms with Crippen LogP contribution in [-0.4, -0.2) is 31.7 Å². The highest BCUT2D eigenvalue weighted by Gasteiger charge is 2.13. The van der Waals surface area contributed by atoms with Crippen LogP contribution in [0, 0.1) is 6.92 Å². The van der Waals surface area contributed by atoms with Crippen molar-refractivity contribution in [3.05, 3.63) is 52.5 Å². The van der Waals surface area contributed by atoms with Gasteiger partial charge in [-0.1, -0.05) is 11.6 Å². The number of carbonyl (C=O) groups excluding carboxylic acids is 2. The smallest absolute Gasteiger partial charge is 0.275 e. The van der Waals surface area contributed by atoms with E-state index in [0.717, 1.165) is 5.56 Å². The number of rotatable bonds is 7. The molecule has 0 aliphatic rings. The fourth-order valence-electron chi connectivity index (χ4n) is 2.43. The molecule has 28 heavy (non-hydrogen) atoms. The standard InChI is InChI=1S/C20H22ClN3O4/c1-12-9-14(21)5-8-17(12)22-19(25)10-13(2)23-24-20(26)16-7-6-15(27-3)11-18(16)28-4/h5-9,11H,10H2,1-4H3,(H,22,25)(H,24,26). The topological polar surface area (TPSA) is 89.0 Å². The molecule has 0 saturated heterocycles. The van der Waals surface area contributed by atoms with Gasteiger partial charge < -0.3 is 14.8 Å². The first-order valence-electron chi connectivity index (χ1n) is 8.45. The predicted octanol–water partition coefficient (Wildman–Crippen LogP) is 3.80. The van der Waals surface area contributed by atoms with E-state index < -0.39 is 5.91 Å². The normalized spacial score (nSPS) is 11.0. The number of methoxy groups -OCH3 is 2. The molecule has 0 heterocycles. The van der Waals surface area contributed by atoms with Crippen LogP contribution in [-0.2, 0) is 4.79 Å². The van der Waals surface area contributed by atoms with Crippen molar-refractivity contribution >= 4 is 34.8 Å². The molecular formula is C20H22ClN3O4. The van der Waals surface area contributed by atoms with Crippen LogP contribution in [0.3, 0.4) is 0 Å². The minimum Gasteiger partial charge on any atom is -0.497 e. The molecule has 0 bridgehead atoms. The Bertz CT molecular complexity index is 912. The van der Waals surface area contributed by atoms with Gasteiger partial charge in [0.15, 0.2) is 0 Å². The zero-order valence-electron chi connectivity index (χ0n) is 16.1. The van der Waals surface area contributed by atoms with Crippen LogP contribution in [0.2, 0.25) is 5.02 Å². The van der Waals surface area contributed by atoms with Gasteiger partial charge in [-0.2, -0.15) is 5.10 Å². The third-order valence-electron chi connectivity index (χ3n) is 3.88. The molecule has 2 aromatic rings. The van der Waals surface area contributed by atoms with Gasteiger partial charge in [0.1, 0.15) is 11.5 Å². The number of nitrogens with one attached hydrogen (secondary N) is 2. The van der Waals surface area contributed by atoms with E-state index in [1.807, 2.05) is 6.92 Å². The summed E-state index contributed by atoms with van der Waals surface area (Å²) in [5, 5.41) is 7.38. The molecule has 0 atom stereocenters. The number of amides is 2. The second kappa shape index (κ2) is 9.75. The monoisotopic (exact) mass is 403 g/mol. The fourth-order valence-corrected chi connectivity index (χ4v) is 2.65. The van der Waals surface area contributed by atoms with Crippen molar-refractivity contribution in [1.82, 2.24) is 5.43 Å². The van der Waals surface area contributed by atoms with E-state index in [2.05, 4.69) is 15.8 Å². The van der Waals surface area contributed by atoms with Gasteiger partial charge in [0.05, 0.1) is 26.2 Å². The van der Waals surface area contributed by atoms with Crippen LogP contribution in [0.5, 0.6) is 11.5 Å². The first-order valence-corrected chi connectivity index (χ1v) is 8.83. The van der Waals surface area contributed by atoms with Crippen molar-refractivity contribution < 1.29 is 19.1 Å². The lowest BCUT2D eigenvalue weighted by Gasteiger charge is -2.10. The number of hydrogen-bond acceptors (Lipinski definition) is 5. The number of carbonyl (C=O) groups is 2. The summed E-state index contributed by atoms with van der Waals surface area (Å²) in [5.41, 5.74) is 4.72. The van der Waals surface area contributed by atoms with Crippen LogP contribution in [0.1, 0.15) is 29.3 Å². The average Bonchev–Trinajstić information content (AvgIpc) is 2.67. The number of hydrogen-bond donors (Lipinski definition) is 2. The summed E-state index contributed by atoms with van der Waals surface area (Å²) in [6, 6.07) is 10.0. The van der Waals surface area contributed by atoms with Crippen molar-refractivity contribution in [3.8, 4) is 11.5 Å². The Morgan fingerprint density at radius 3 is 2.50 bits per heavy atom. The molecule has 0 fully saturated rings. The summed E-state index contributed by atoms with van der Waals surface area (Å²) in [6.45, 7) is 3.50. The Hall–Kier alpha value is -3.06. The first-order chi connectivity index (χ1) is 13.3. The Balaban J connectivity index is 1.98. The lowest BCUT2D eigenvalue weighted by molar-refractivity contribution is -0.115. The molecular weight excluding hydrogens is 382 g/mol. The van der Waals surface area contributed by atoms with Gasteiger partial charge in [0, 0.05) is 22.5 Å². The lowest BCUT2D eigenvalue weighted by Crippen LogP contribution is -2.22. The molecule has 0 saturated carbocycles. The van der Waals surface area contributed by atoms with E-state index in [-0.39, 0.29) is 12.3 Å². The zero-order valence-corrected chi connectivity index (χ0v) is 16.9. The van der Waals surface area contributed by atoms with Crippen LogP contribution in [0.25, 0.3) is 0 Å². The van der Waals surface area contributed by atoms with Crippen molar-refractivity contribution in [3.63, 3.8) is 0 Å². The van der Waals surface area contributed by atoms with Gasteiger partial charge >= 0.3 is 0 Å². The Kier molecular flexibility index (Phi) is 7.40. The summed E-state index contributed by atoms with van der Waals surface area (Å²) >= 11 is 5.91. The molecule has 0 aliphatic carbocycles.